The largest absolute Gasteiger partial charge is 0.388 e. The topological polar surface area (TPSA) is 118 Å². The maximum absolute atomic E-state index is 12.6. The lowest BCUT2D eigenvalue weighted by Gasteiger charge is -2.37. The van der Waals surface area contributed by atoms with Gasteiger partial charge in [-0.25, -0.2) is 4.68 Å². The number of likely N-dealkylation sites (tertiary alicyclic amines) is 1. The van der Waals surface area contributed by atoms with Crippen LogP contribution in [0.25, 0.3) is 0 Å². The van der Waals surface area contributed by atoms with Crippen LogP contribution in [0.1, 0.15) is 66.3 Å². The molecule has 0 bridgehead atoms. The summed E-state index contributed by atoms with van der Waals surface area (Å²) in [6.45, 7) is 3.83. The van der Waals surface area contributed by atoms with E-state index in [0.29, 0.717) is 38.0 Å². The number of hydrogen-bond acceptors (Lipinski definition) is 6. The number of aryl methyl sites for hydroxylation is 1. The van der Waals surface area contributed by atoms with Crippen LogP contribution in [0.15, 0.2) is 18.6 Å². The molecular weight excluding hydrogens is 386 g/mol. The van der Waals surface area contributed by atoms with Crippen LogP contribution in [0.5, 0.6) is 0 Å². The Hall–Kier alpha value is -2.75. The van der Waals surface area contributed by atoms with Crippen molar-refractivity contribution in [2.24, 2.45) is 0 Å². The van der Waals surface area contributed by atoms with Gasteiger partial charge in [0.2, 0.25) is 0 Å². The van der Waals surface area contributed by atoms with Gasteiger partial charge in [0.15, 0.2) is 5.69 Å². The first-order valence-corrected chi connectivity index (χ1v) is 10.7. The maximum Gasteiger partial charge on any atom is 0.273 e. The van der Waals surface area contributed by atoms with Gasteiger partial charge in [-0.05, 0) is 32.6 Å². The lowest BCUT2D eigenvalue weighted by molar-refractivity contribution is -0.0318. The number of rotatable bonds is 6. The second-order valence-electron chi connectivity index (χ2n) is 8.36. The average Bonchev–Trinajstić information content (AvgIpc) is 3.49. The van der Waals surface area contributed by atoms with E-state index in [1.54, 1.807) is 28.2 Å². The summed E-state index contributed by atoms with van der Waals surface area (Å²) in [6, 6.07) is 0.220. The van der Waals surface area contributed by atoms with Gasteiger partial charge in [-0.1, -0.05) is 18.1 Å². The van der Waals surface area contributed by atoms with Crippen LogP contribution >= 0.6 is 0 Å². The summed E-state index contributed by atoms with van der Waals surface area (Å²) in [7, 11) is 0. The number of piperidine rings is 1. The van der Waals surface area contributed by atoms with Crippen LogP contribution < -0.4 is 5.32 Å². The number of amides is 2. The van der Waals surface area contributed by atoms with Crippen LogP contribution in [0.3, 0.4) is 0 Å². The van der Waals surface area contributed by atoms with Gasteiger partial charge in [-0.15, -0.1) is 5.10 Å². The summed E-state index contributed by atoms with van der Waals surface area (Å²) in [5, 5.41) is 26.1. The SMILES string of the molecule is CCn1cc(C(=O)N2CCC(O)(Cn3cc(C(=O)NC4CCCC4)nn3)CC2)cn1. The summed E-state index contributed by atoms with van der Waals surface area (Å²) >= 11 is 0. The van der Waals surface area contributed by atoms with Gasteiger partial charge < -0.3 is 15.3 Å². The second-order valence-corrected chi connectivity index (χ2v) is 8.36. The average molecular weight is 415 g/mol. The summed E-state index contributed by atoms with van der Waals surface area (Å²) in [5.74, 6) is -0.281. The number of nitrogens with one attached hydrogen (secondary N) is 1. The van der Waals surface area contributed by atoms with E-state index in [9.17, 15) is 14.7 Å². The van der Waals surface area contributed by atoms with E-state index in [0.717, 1.165) is 25.7 Å². The van der Waals surface area contributed by atoms with E-state index >= 15 is 0 Å². The number of nitrogens with zero attached hydrogens (tertiary/aromatic N) is 6. The van der Waals surface area contributed by atoms with Crippen LogP contribution in [-0.2, 0) is 13.1 Å². The van der Waals surface area contributed by atoms with Crippen molar-refractivity contribution in [3.8, 4) is 0 Å². The molecule has 3 heterocycles. The van der Waals surface area contributed by atoms with Gasteiger partial charge in [-0.3, -0.25) is 14.3 Å². The van der Waals surface area contributed by atoms with Crippen LogP contribution in [0.2, 0.25) is 0 Å². The van der Waals surface area contributed by atoms with Crippen molar-refractivity contribution >= 4 is 11.8 Å². The fourth-order valence-corrected chi connectivity index (χ4v) is 4.22. The van der Waals surface area contributed by atoms with Crippen molar-refractivity contribution in [3.63, 3.8) is 0 Å². The quantitative estimate of drug-likeness (QED) is 0.722. The van der Waals surface area contributed by atoms with E-state index in [1.807, 2.05) is 6.92 Å². The molecule has 1 saturated carbocycles. The zero-order valence-corrected chi connectivity index (χ0v) is 17.3. The minimum Gasteiger partial charge on any atom is -0.388 e. The molecule has 2 N–H and O–H groups in total. The second kappa shape index (κ2) is 8.55. The molecule has 0 unspecified atom stereocenters. The van der Waals surface area contributed by atoms with E-state index in [4.69, 9.17) is 0 Å². The molecule has 2 aromatic heterocycles. The van der Waals surface area contributed by atoms with Crippen LogP contribution in [-0.4, -0.2) is 71.3 Å². The van der Waals surface area contributed by atoms with Crippen molar-refractivity contribution in [3.05, 3.63) is 29.8 Å². The molecule has 10 heteroatoms. The first-order valence-electron chi connectivity index (χ1n) is 10.7. The van der Waals surface area contributed by atoms with Gasteiger partial charge in [0.25, 0.3) is 11.8 Å². The fourth-order valence-electron chi connectivity index (χ4n) is 4.22. The first-order chi connectivity index (χ1) is 14.5. The highest BCUT2D eigenvalue weighted by Crippen LogP contribution is 2.25. The zero-order valence-electron chi connectivity index (χ0n) is 17.3. The van der Waals surface area contributed by atoms with Crippen LogP contribution in [0.4, 0.5) is 0 Å². The van der Waals surface area contributed by atoms with E-state index < -0.39 is 5.60 Å². The molecule has 162 valence electrons. The number of aromatic nitrogens is 5. The molecule has 10 nitrogen and oxygen atoms in total. The molecule has 2 aromatic rings. The number of hydrogen-bond donors (Lipinski definition) is 2. The smallest absolute Gasteiger partial charge is 0.273 e. The maximum atomic E-state index is 12.6. The molecule has 2 fully saturated rings. The zero-order chi connectivity index (χ0) is 21.1. The third-order valence-electron chi connectivity index (χ3n) is 6.10. The fraction of sp³-hybridized carbons (Fsp3) is 0.650. The van der Waals surface area contributed by atoms with Crippen molar-refractivity contribution < 1.29 is 14.7 Å². The Bertz CT molecular complexity index is 892. The molecule has 2 aliphatic rings. The number of carbonyl (C=O) groups excluding carboxylic acids is 2. The third-order valence-corrected chi connectivity index (χ3v) is 6.10. The van der Waals surface area contributed by atoms with Gasteiger partial charge in [0, 0.05) is 31.9 Å². The molecule has 1 aliphatic heterocycles. The minimum absolute atomic E-state index is 0.0663. The molecule has 30 heavy (non-hydrogen) atoms. The normalized spacial score (nSPS) is 19.2. The molecule has 2 amide bonds. The Labute approximate surface area is 175 Å². The highest BCUT2D eigenvalue weighted by molar-refractivity contribution is 5.93. The van der Waals surface area contributed by atoms with Gasteiger partial charge in [-0.2, -0.15) is 5.10 Å². The molecule has 4 rings (SSSR count). The standard InChI is InChI=1S/C20H29N7O3/c1-2-26-12-15(11-21-26)19(29)25-9-7-20(30,8-10-25)14-27-13-17(23-24-27)18(28)22-16-5-3-4-6-16/h11-13,16,30H,2-10,14H2,1H3,(H,22,28). The Morgan fingerprint density at radius 1 is 1.20 bits per heavy atom. The highest BCUT2D eigenvalue weighted by Gasteiger charge is 2.35. The van der Waals surface area contributed by atoms with Crippen molar-refractivity contribution in [1.82, 2.24) is 35.0 Å². The van der Waals surface area contributed by atoms with E-state index in [2.05, 4.69) is 20.7 Å². The molecule has 0 atom stereocenters. The van der Waals surface area contributed by atoms with Crippen molar-refractivity contribution in [2.45, 2.75) is 70.2 Å². The Morgan fingerprint density at radius 2 is 1.93 bits per heavy atom. The van der Waals surface area contributed by atoms with Crippen LogP contribution in [0, 0.1) is 0 Å². The predicted molar refractivity (Wildman–Crippen MR) is 108 cm³/mol. The predicted octanol–water partition coefficient (Wildman–Crippen LogP) is 0.834. The van der Waals surface area contributed by atoms with Gasteiger partial charge >= 0.3 is 0 Å². The lowest BCUT2D eigenvalue weighted by Crippen LogP contribution is -2.48. The molecule has 0 radical (unpaired) electrons. The number of carbonyl (C=O) groups is 2. The Kier molecular flexibility index (Phi) is 5.85. The van der Waals surface area contributed by atoms with Gasteiger partial charge in [0.05, 0.1) is 30.1 Å². The first kappa shape index (κ1) is 20.5. The molecule has 1 saturated heterocycles. The Morgan fingerprint density at radius 3 is 2.60 bits per heavy atom. The summed E-state index contributed by atoms with van der Waals surface area (Å²) in [6.07, 6.45) is 10.1. The van der Waals surface area contributed by atoms with Crippen molar-refractivity contribution in [1.29, 1.82) is 0 Å². The number of aliphatic hydroxyl groups is 1. The third kappa shape index (κ3) is 4.53. The van der Waals surface area contributed by atoms with E-state index in [1.165, 1.54) is 4.68 Å². The summed E-state index contributed by atoms with van der Waals surface area (Å²) < 4.78 is 3.24. The molecular formula is C20H29N7O3. The molecule has 1 aliphatic carbocycles. The molecule has 0 spiro atoms. The Balaban J connectivity index is 1.31. The monoisotopic (exact) mass is 415 g/mol. The van der Waals surface area contributed by atoms with Crippen molar-refractivity contribution in [2.75, 3.05) is 13.1 Å². The summed E-state index contributed by atoms with van der Waals surface area (Å²) in [4.78, 5) is 26.7. The highest BCUT2D eigenvalue weighted by atomic mass is 16.3. The van der Waals surface area contributed by atoms with E-state index in [-0.39, 0.29) is 30.1 Å². The van der Waals surface area contributed by atoms with Gasteiger partial charge in [0.1, 0.15) is 0 Å². The minimum atomic E-state index is -0.989. The molecule has 0 aromatic carbocycles. The lowest BCUT2D eigenvalue weighted by atomic mass is 9.91. The summed E-state index contributed by atoms with van der Waals surface area (Å²) in [5.41, 5.74) is -0.153.